The van der Waals surface area contributed by atoms with Crippen LogP contribution < -0.4 is 11.0 Å². The van der Waals surface area contributed by atoms with Crippen LogP contribution in [-0.2, 0) is 16.1 Å². The molecule has 4 N–H and O–H groups in total. The highest BCUT2D eigenvalue weighted by Crippen LogP contribution is 2.09. The Hall–Kier alpha value is -2.57. The van der Waals surface area contributed by atoms with Crippen molar-refractivity contribution < 1.29 is 14.7 Å². The zero-order valence-corrected chi connectivity index (χ0v) is 10.0. The van der Waals surface area contributed by atoms with Crippen molar-refractivity contribution >= 4 is 22.9 Å². The van der Waals surface area contributed by atoms with Gasteiger partial charge in [0.2, 0.25) is 5.91 Å². The Morgan fingerprint density at radius 2 is 1.89 bits per heavy atom. The lowest BCUT2D eigenvalue weighted by Gasteiger charge is -2.04. The van der Waals surface area contributed by atoms with Crippen molar-refractivity contribution in [1.82, 2.24) is 15.3 Å². The number of aromatic nitrogens is 2. The van der Waals surface area contributed by atoms with Gasteiger partial charge in [-0.25, -0.2) is 4.79 Å². The predicted molar refractivity (Wildman–Crippen MR) is 67.6 cm³/mol. The van der Waals surface area contributed by atoms with Crippen molar-refractivity contribution in [3.05, 3.63) is 34.2 Å². The third-order valence-corrected chi connectivity index (χ3v) is 2.64. The predicted octanol–water partition coefficient (Wildman–Crippen LogP) is 0.337. The maximum atomic E-state index is 11.4. The summed E-state index contributed by atoms with van der Waals surface area (Å²) < 4.78 is 0. The molecule has 2 aromatic rings. The third-order valence-electron chi connectivity index (χ3n) is 2.64. The number of carbonyl (C=O) groups is 2. The molecule has 2 rings (SSSR count). The van der Waals surface area contributed by atoms with E-state index in [1.54, 1.807) is 18.2 Å². The summed E-state index contributed by atoms with van der Waals surface area (Å²) >= 11 is 0. The van der Waals surface area contributed by atoms with Crippen LogP contribution in [0, 0.1) is 0 Å². The van der Waals surface area contributed by atoms with Crippen molar-refractivity contribution in [2.24, 2.45) is 0 Å². The number of aromatic amines is 2. The molecule has 0 aliphatic heterocycles. The molecule has 100 valence electrons. The van der Waals surface area contributed by atoms with Crippen LogP contribution in [0.4, 0.5) is 0 Å². The molecule has 0 atom stereocenters. The highest BCUT2D eigenvalue weighted by atomic mass is 16.4. The average Bonchev–Trinajstić information content (AvgIpc) is 2.73. The van der Waals surface area contributed by atoms with Crippen LogP contribution in [0.15, 0.2) is 23.0 Å². The maximum Gasteiger partial charge on any atom is 0.323 e. The molecular weight excluding hydrogens is 250 g/mol. The summed E-state index contributed by atoms with van der Waals surface area (Å²) in [6.07, 6.45) is -0.228. The highest BCUT2D eigenvalue weighted by molar-refractivity contribution is 5.80. The number of fused-ring (bicyclic) bond motifs is 1. The van der Waals surface area contributed by atoms with Gasteiger partial charge in [0.15, 0.2) is 0 Å². The topological polar surface area (TPSA) is 115 Å². The average molecular weight is 263 g/mol. The lowest BCUT2D eigenvalue weighted by molar-refractivity contribution is -0.138. The van der Waals surface area contributed by atoms with E-state index in [-0.39, 0.29) is 24.4 Å². The number of nitrogens with one attached hydrogen (secondary N) is 3. The molecule has 1 aromatic carbocycles. The van der Waals surface area contributed by atoms with Gasteiger partial charge in [-0.15, -0.1) is 0 Å². The Kier molecular flexibility index (Phi) is 3.65. The fourth-order valence-corrected chi connectivity index (χ4v) is 1.70. The second-order valence-electron chi connectivity index (χ2n) is 4.13. The van der Waals surface area contributed by atoms with Crippen molar-refractivity contribution in [1.29, 1.82) is 0 Å². The number of benzene rings is 1. The number of rotatable bonds is 5. The van der Waals surface area contributed by atoms with E-state index in [4.69, 9.17) is 5.11 Å². The van der Waals surface area contributed by atoms with E-state index in [0.717, 1.165) is 5.56 Å². The standard InChI is InChI=1S/C12H13N3O4/c16-10(3-4-11(17)18)13-6-7-1-2-8-9(5-7)15-12(19)14-8/h1-2,5H,3-4,6H2,(H,13,16)(H,17,18)(H2,14,15,19). The van der Waals surface area contributed by atoms with Gasteiger partial charge in [0.05, 0.1) is 17.5 Å². The smallest absolute Gasteiger partial charge is 0.323 e. The minimum absolute atomic E-state index is 0.0431. The van der Waals surface area contributed by atoms with E-state index in [0.29, 0.717) is 17.6 Å². The number of carboxylic acids is 1. The number of aliphatic carboxylic acids is 1. The van der Waals surface area contributed by atoms with Crippen LogP contribution in [0.2, 0.25) is 0 Å². The van der Waals surface area contributed by atoms with Gasteiger partial charge in [0.25, 0.3) is 0 Å². The highest BCUT2D eigenvalue weighted by Gasteiger charge is 2.05. The van der Waals surface area contributed by atoms with Crippen LogP contribution in [-0.4, -0.2) is 27.0 Å². The number of amides is 1. The molecule has 1 amide bonds. The SMILES string of the molecule is O=C(O)CCC(=O)NCc1ccc2[nH]c(=O)[nH]c2c1. The van der Waals surface area contributed by atoms with E-state index in [2.05, 4.69) is 15.3 Å². The normalized spacial score (nSPS) is 10.5. The fourth-order valence-electron chi connectivity index (χ4n) is 1.70. The molecular formula is C12H13N3O4. The number of hydrogen-bond donors (Lipinski definition) is 4. The summed E-state index contributed by atoms with van der Waals surface area (Å²) in [6, 6.07) is 5.28. The Balaban J connectivity index is 1.95. The molecule has 0 unspecified atom stereocenters. The first kappa shape index (κ1) is 12.9. The van der Waals surface area contributed by atoms with Crippen LogP contribution in [0.25, 0.3) is 11.0 Å². The van der Waals surface area contributed by atoms with E-state index < -0.39 is 5.97 Å². The second kappa shape index (κ2) is 5.38. The molecule has 7 nitrogen and oxygen atoms in total. The fraction of sp³-hybridized carbons (Fsp3) is 0.250. The first-order valence-electron chi connectivity index (χ1n) is 5.74. The number of hydrogen-bond acceptors (Lipinski definition) is 3. The Bertz CT molecular complexity index is 671. The number of carboxylic acid groups (broad SMARTS) is 1. The molecule has 1 aromatic heterocycles. The summed E-state index contributed by atoms with van der Waals surface area (Å²) in [5, 5.41) is 11.1. The lowest BCUT2D eigenvalue weighted by atomic mass is 10.2. The number of imidazole rings is 1. The van der Waals surface area contributed by atoms with Gasteiger partial charge >= 0.3 is 11.7 Å². The van der Waals surface area contributed by atoms with Crippen molar-refractivity contribution in [3.8, 4) is 0 Å². The molecule has 0 radical (unpaired) electrons. The van der Waals surface area contributed by atoms with Gasteiger partial charge in [0.1, 0.15) is 0 Å². The van der Waals surface area contributed by atoms with Crippen LogP contribution in [0.3, 0.4) is 0 Å². The van der Waals surface area contributed by atoms with Crippen molar-refractivity contribution in [2.45, 2.75) is 19.4 Å². The summed E-state index contributed by atoms with van der Waals surface area (Å²) in [6.45, 7) is 0.293. The van der Waals surface area contributed by atoms with Gasteiger partial charge in [-0.3, -0.25) is 9.59 Å². The van der Waals surface area contributed by atoms with Gasteiger partial charge in [0, 0.05) is 13.0 Å². The maximum absolute atomic E-state index is 11.4. The largest absolute Gasteiger partial charge is 0.481 e. The van der Waals surface area contributed by atoms with E-state index in [1.165, 1.54) is 0 Å². The third kappa shape index (κ3) is 3.44. The summed E-state index contributed by atoms with van der Waals surface area (Å²) in [7, 11) is 0. The molecule has 0 fully saturated rings. The minimum atomic E-state index is -0.999. The summed E-state index contributed by atoms with van der Waals surface area (Å²) in [5.41, 5.74) is 1.91. The zero-order valence-electron chi connectivity index (χ0n) is 10.0. The Morgan fingerprint density at radius 3 is 2.63 bits per heavy atom. The van der Waals surface area contributed by atoms with Gasteiger partial charge in [-0.2, -0.15) is 0 Å². The monoisotopic (exact) mass is 263 g/mol. The Labute approximate surface area is 107 Å². The van der Waals surface area contributed by atoms with Crippen LogP contribution in [0.1, 0.15) is 18.4 Å². The number of H-pyrrole nitrogens is 2. The van der Waals surface area contributed by atoms with Crippen molar-refractivity contribution in [2.75, 3.05) is 0 Å². The van der Waals surface area contributed by atoms with E-state index in [1.807, 2.05) is 0 Å². The van der Waals surface area contributed by atoms with Crippen LogP contribution >= 0.6 is 0 Å². The van der Waals surface area contributed by atoms with E-state index >= 15 is 0 Å². The molecule has 0 saturated heterocycles. The molecule has 0 aliphatic carbocycles. The molecule has 19 heavy (non-hydrogen) atoms. The van der Waals surface area contributed by atoms with Gasteiger partial charge in [-0.1, -0.05) is 6.07 Å². The zero-order chi connectivity index (χ0) is 13.8. The molecule has 0 bridgehead atoms. The van der Waals surface area contributed by atoms with E-state index in [9.17, 15) is 14.4 Å². The quantitative estimate of drug-likeness (QED) is 0.622. The minimum Gasteiger partial charge on any atom is -0.481 e. The number of carbonyl (C=O) groups excluding carboxylic acids is 1. The van der Waals surface area contributed by atoms with Crippen molar-refractivity contribution in [3.63, 3.8) is 0 Å². The first-order valence-corrected chi connectivity index (χ1v) is 5.74. The summed E-state index contributed by atoms with van der Waals surface area (Å²) in [5.74, 6) is -1.31. The van der Waals surface area contributed by atoms with Gasteiger partial charge < -0.3 is 20.4 Å². The first-order chi connectivity index (χ1) is 9.04. The Morgan fingerprint density at radius 1 is 1.16 bits per heavy atom. The van der Waals surface area contributed by atoms with Crippen LogP contribution in [0.5, 0.6) is 0 Å². The molecule has 0 saturated carbocycles. The molecule has 1 heterocycles. The summed E-state index contributed by atoms with van der Waals surface area (Å²) in [4.78, 5) is 38.0. The molecule has 0 spiro atoms. The molecule has 7 heteroatoms. The second-order valence-corrected chi connectivity index (χ2v) is 4.13. The van der Waals surface area contributed by atoms with Gasteiger partial charge in [-0.05, 0) is 17.7 Å². The molecule has 0 aliphatic rings. The lowest BCUT2D eigenvalue weighted by Crippen LogP contribution is -2.23.